The van der Waals surface area contributed by atoms with E-state index >= 15 is 0 Å². The molecule has 0 fully saturated rings. The topological polar surface area (TPSA) is 93.0 Å². The van der Waals surface area contributed by atoms with E-state index in [1.54, 1.807) is 24.3 Å². The molecule has 0 aromatic heterocycles. The van der Waals surface area contributed by atoms with E-state index < -0.39 is 20.0 Å². The maximum atomic E-state index is 12.7. The lowest BCUT2D eigenvalue weighted by Crippen LogP contribution is -2.16. The van der Waals surface area contributed by atoms with E-state index in [0.29, 0.717) is 21.2 Å². The summed E-state index contributed by atoms with van der Waals surface area (Å²) in [6.07, 6.45) is 2.85. The summed E-state index contributed by atoms with van der Waals surface area (Å²) in [4.78, 5) is -0.0184. The molecule has 0 spiro atoms. The van der Waals surface area contributed by atoms with Crippen molar-refractivity contribution in [3.05, 3.63) is 106 Å². The standard InChI is InChI=1S/C22H14Cl2N2O4S2/c23-15-5-9-17(10-6-15)31(27,28)25-21-13-14-22(20-4-2-1-3-19(20)21)26-32(29,30)18-11-7-16(24)8-12-18/h1-14H/b25-21-,26-22+. The van der Waals surface area contributed by atoms with Gasteiger partial charge in [0.1, 0.15) is 0 Å². The fraction of sp³-hybridized carbons (Fsp3) is 0. The van der Waals surface area contributed by atoms with Gasteiger partial charge in [-0.05, 0) is 60.7 Å². The molecule has 162 valence electrons. The third kappa shape index (κ3) is 4.68. The number of fused-ring (bicyclic) bond motifs is 1. The Hall–Kier alpha value is -2.78. The van der Waals surface area contributed by atoms with E-state index in [2.05, 4.69) is 8.80 Å². The molecule has 0 saturated heterocycles. The molecule has 0 saturated carbocycles. The van der Waals surface area contributed by atoms with Gasteiger partial charge < -0.3 is 0 Å². The highest BCUT2D eigenvalue weighted by molar-refractivity contribution is 7.90. The Labute approximate surface area is 195 Å². The lowest BCUT2D eigenvalue weighted by molar-refractivity contribution is 0.596. The lowest BCUT2D eigenvalue weighted by atomic mass is 9.94. The van der Waals surface area contributed by atoms with Gasteiger partial charge in [0.2, 0.25) is 0 Å². The minimum atomic E-state index is -4.01. The molecule has 0 bridgehead atoms. The smallest absolute Gasteiger partial charge is 0.199 e. The van der Waals surface area contributed by atoms with Crippen LogP contribution in [0.4, 0.5) is 0 Å². The van der Waals surface area contributed by atoms with Crippen molar-refractivity contribution in [1.29, 1.82) is 0 Å². The van der Waals surface area contributed by atoms with Gasteiger partial charge in [-0.3, -0.25) is 0 Å². The first-order valence-corrected chi connectivity index (χ1v) is 12.8. The summed E-state index contributed by atoms with van der Waals surface area (Å²) >= 11 is 11.7. The molecule has 3 aromatic rings. The highest BCUT2D eigenvalue weighted by atomic mass is 35.5. The maximum absolute atomic E-state index is 12.7. The molecule has 0 atom stereocenters. The van der Waals surface area contributed by atoms with Gasteiger partial charge in [0.25, 0.3) is 20.0 Å². The predicted molar refractivity (Wildman–Crippen MR) is 126 cm³/mol. The Morgan fingerprint density at radius 3 is 1.22 bits per heavy atom. The molecule has 6 nitrogen and oxygen atoms in total. The van der Waals surface area contributed by atoms with E-state index in [-0.39, 0.29) is 21.2 Å². The van der Waals surface area contributed by atoms with Crippen LogP contribution in [0, 0.1) is 0 Å². The van der Waals surface area contributed by atoms with Crippen molar-refractivity contribution in [1.82, 2.24) is 0 Å². The Balaban J connectivity index is 1.78. The van der Waals surface area contributed by atoms with Crippen LogP contribution in [-0.2, 0) is 20.0 Å². The molecule has 0 unspecified atom stereocenters. The van der Waals surface area contributed by atoms with Crippen molar-refractivity contribution in [2.45, 2.75) is 9.79 Å². The van der Waals surface area contributed by atoms with Gasteiger partial charge in [-0.15, -0.1) is 0 Å². The van der Waals surface area contributed by atoms with Gasteiger partial charge in [0, 0.05) is 21.2 Å². The maximum Gasteiger partial charge on any atom is 0.282 e. The number of allylic oxidation sites excluding steroid dienone is 2. The monoisotopic (exact) mass is 504 g/mol. The third-order valence-electron chi connectivity index (χ3n) is 4.54. The minimum Gasteiger partial charge on any atom is -0.199 e. The molecule has 0 aliphatic heterocycles. The van der Waals surface area contributed by atoms with Crippen molar-refractivity contribution in [2.24, 2.45) is 8.80 Å². The largest absolute Gasteiger partial charge is 0.282 e. The van der Waals surface area contributed by atoms with E-state index in [9.17, 15) is 16.8 Å². The summed E-state index contributed by atoms with van der Waals surface area (Å²) < 4.78 is 58.9. The number of halogens is 2. The highest BCUT2D eigenvalue weighted by Crippen LogP contribution is 2.24. The number of nitrogens with zero attached hydrogens (tertiary/aromatic N) is 2. The average molecular weight is 505 g/mol. The molecule has 0 amide bonds. The van der Waals surface area contributed by atoms with Crippen LogP contribution in [0.5, 0.6) is 0 Å². The summed E-state index contributed by atoms with van der Waals surface area (Å²) in [5.41, 5.74) is 1.21. The van der Waals surface area contributed by atoms with Crippen molar-refractivity contribution in [3.8, 4) is 0 Å². The molecule has 0 heterocycles. The summed E-state index contributed by atoms with van der Waals surface area (Å²) in [5, 5.41) is 0.810. The van der Waals surface area contributed by atoms with Crippen LogP contribution in [0.3, 0.4) is 0 Å². The first-order valence-electron chi connectivity index (χ1n) is 9.15. The molecule has 10 heteroatoms. The summed E-state index contributed by atoms with van der Waals surface area (Å²) in [5.74, 6) is 0. The molecule has 0 N–H and O–H groups in total. The fourth-order valence-electron chi connectivity index (χ4n) is 3.00. The first-order chi connectivity index (χ1) is 15.2. The average Bonchev–Trinajstić information content (AvgIpc) is 2.76. The molecule has 4 rings (SSSR count). The van der Waals surface area contributed by atoms with Gasteiger partial charge in [-0.2, -0.15) is 25.6 Å². The zero-order valence-corrected chi connectivity index (χ0v) is 19.3. The van der Waals surface area contributed by atoms with E-state index in [1.165, 1.54) is 60.7 Å². The van der Waals surface area contributed by atoms with Crippen LogP contribution in [0.2, 0.25) is 10.0 Å². The third-order valence-corrected chi connectivity index (χ3v) is 7.65. The highest BCUT2D eigenvalue weighted by Gasteiger charge is 2.22. The van der Waals surface area contributed by atoms with E-state index in [4.69, 9.17) is 23.2 Å². The minimum absolute atomic E-state index is 0.00920. The van der Waals surface area contributed by atoms with E-state index in [0.717, 1.165) is 0 Å². The second-order valence-electron chi connectivity index (χ2n) is 6.69. The zero-order chi connectivity index (χ0) is 22.9. The van der Waals surface area contributed by atoms with Crippen LogP contribution in [0.15, 0.2) is 104 Å². The Bertz CT molecular complexity index is 1380. The SMILES string of the molecule is O=S(=O)(/N=C1C=C/C(=N\S(=O)(=O)c2ccc(Cl)cc2)c2ccccc2/1)c1ccc(Cl)cc1. The van der Waals surface area contributed by atoms with Gasteiger partial charge in [0.05, 0.1) is 21.2 Å². The van der Waals surface area contributed by atoms with Crippen molar-refractivity contribution < 1.29 is 16.8 Å². The second-order valence-corrected chi connectivity index (χ2v) is 10.8. The van der Waals surface area contributed by atoms with Crippen molar-refractivity contribution >= 4 is 54.7 Å². The molecule has 32 heavy (non-hydrogen) atoms. The fourth-order valence-corrected chi connectivity index (χ4v) is 5.26. The molecule has 3 aromatic carbocycles. The zero-order valence-electron chi connectivity index (χ0n) is 16.2. The summed E-state index contributed by atoms with van der Waals surface area (Å²) in [6, 6.07) is 18.0. The number of rotatable bonds is 4. The normalized spacial score (nSPS) is 16.3. The molecule has 0 radical (unpaired) electrons. The quantitative estimate of drug-likeness (QED) is 0.503. The molecule has 1 aliphatic carbocycles. The van der Waals surface area contributed by atoms with E-state index in [1.807, 2.05) is 0 Å². The number of sulfonamides is 2. The Morgan fingerprint density at radius 1 is 0.531 bits per heavy atom. The van der Waals surface area contributed by atoms with Crippen LogP contribution in [0.1, 0.15) is 11.1 Å². The van der Waals surface area contributed by atoms with Crippen LogP contribution < -0.4 is 0 Å². The summed E-state index contributed by atoms with van der Waals surface area (Å²) in [7, 11) is -8.02. The number of benzene rings is 3. The molecular formula is C22H14Cl2N2O4S2. The van der Waals surface area contributed by atoms with Crippen LogP contribution in [-0.4, -0.2) is 28.3 Å². The summed E-state index contributed by atoms with van der Waals surface area (Å²) in [6.45, 7) is 0. The van der Waals surface area contributed by atoms with Crippen molar-refractivity contribution in [2.75, 3.05) is 0 Å². The van der Waals surface area contributed by atoms with Gasteiger partial charge >= 0.3 is 0 Å². The first kappa shape index (κ1) is 22.4. The molecule has 1 aliphatic rings. The second kappa shape index (κ2) is 8.63. The van der Waals surface area contributed by atoms with Gasteiger partial charge in [-0.1, -0.05) is 47.5 Å². The predicted octanol–water partition coefficient (Wildman–Crippen LogP) is 4.92. The van der Waals surface area contributed by atoms with Gasteiger partial charge in [-0.25, -0.2) is 0 Å². The molecular weight excluding hydrogens is 491 g/mol. The number of hydrogen-bond donors (Lipinski definition) is 0. The van der Waals surface area contributed by atoms with Crippen molar-refractivity contribution in [3.63, 3.8) is 0 Å². The number of hydrogen-bond acceptors (Lipinski definition) is 4. The van der Waals surface area contributed by atoms with Crippen LogP contribution in [0.25, 0.3) is 0 Å². The Morgan fingerprint density at radius 2 is 0.875 bits per heavy atom. The van der Waals surface area contributed by atoms with Crippen LogP contribution >= 0.6 is 23.2 Å². The van der Waals surface area contributed by atoms with Gasteiger partial charge in [0.15, 0.2) is 0 Å². The lowest BCUT2D eigenvalue weighted by Gasteiger charge is -2.15. The Kier molecular flexibility index (Phi) is 6.05.